The lowest BCUT2D eigenvalue weighted by atomic mass is 10.1. The van der Waals surface area contributed by atoms with Gasteiger partial charge in [-0.05, 0) is 36.6 Å². The van der Waals surface area contributed by atoms with Crippen LogP contribution < -0.4 is 10.6 Å². The summed E-state index contributed by atoms with van der Waals surface area (Å²) in [6.07, 6.45) is 6.72. The van der Waals surface area contributed by atoms with Gasteiger partial charge < -0.3 is 4.98 Å². The second-order valence-electron chi connectivity index (χ2n) is 2.83. The van der Waals surface area contributed by atoms with E-state index in [2.05, 4.69) is 24.1 Å². The molecule has 1 aromatic heterocycles. The standard InChI is InChI=1S/C9H11N/c1-7-3-2-4-8-5-6-10-9(7)8/h4-6,10H,2-3H2,1H3. The van der Waals surface area contributed by atoms with Gasteiger partial charge in [0.05, 0.1) is 0 Å². The summed E-state index contributed by atoms with van der Waals surface area (Å²) in [5, 5.41) is 2.72. The van der Waals surface area contributed by atoms with Crippen molar-refractivity contribution in [3.63, 3.8) is 0 Å². The van der Waals surface area contributed by atoms with Crippen molar-refractivity contribution < 1.29 is 0 Å². The minimum atomic E-state index is 1.21. The molecule has 1 nitrogen and oxygen atoms in total. The van der Waals surface area contributed by atoms with Crippen molar-refractivity contribution in [1.82, 2.24) is 4.98 Å². The lowest BCUT2D eigenvalue weighted by Crippen LogP contribution is -2.26. The normalized spacial score (nSPS) is 16.3. The Balaban J connectivity index is 2.91. The maximum Gasteiger partial charge on any atom is 0.0439 e. The summed E-state index contributed by atoms with van der Waals surface area (Å²) in [7, 11) is 0. The van der Waals surface area contributed by atoms with Gasteiger partial charge in [0.25, 0.3) is 0 Å². The van der Waals surface area contributed by atoms with E-state index in [4.69, 9.17) is 0 Å². The molecule has 1 aliphatic carbocycles. The fraction of sp³-hybridized carbons (Fsp3) is 0.333. The van der Waals surface area contributed by atoms with Crippen LogP contribution in [0.5, 0.6) is 0 Å². The summed E-state index contributed by atoms with van der Waals surface area (Å²) >= 11 is 0. The monoisotopic (exact) mass is 133 g/mol. The molecule has 2 rings (SSSR count). The van der Waals surface area contributed by atoms with Crippen molar-refractivity contribution in [3.05, 3.63) is 22.8 Å². The van der Waals surface area contributed by atoms with E-state index in [1.807, 2.05) is 6.20 Å². The van der Waals surface area contributed by atoms with E-state index in [1.54, 1.807) is 0 Å². The smallest absolute Gasteiger partial charge is 0.0439 e. The topological polar surface area (TPSA) is 15.8 Å². The largest absolute Gasteiger partial charge is 0.361 e. The maximum absolute atomic E-state index is 3.24. The van der Waals surface area contributed by atoms with E-state index >= 15 is 0 Å². The Morgan fingerprint density at radius 1 is 1.50 bits per heavy atom. The highest BCUT2D eigenvalue weighted by atomic mass is 14.6. The molecule has 1 heterocycles. The Morgan fingerprint density at radius 3 is 3.20 bits per heavy atom. The van der Waals surface area contributed by atoms with Gasteiger partial charge in [0.15, 0.2) is 0 Å². The van der Waals surface area contributed by atoms with Gasteiger partial charge in [-0.2, -0.15) is 0 Å². The molecule has 0 radical (unpaired) electrons. The molecule has 0 bridgehead atoms. The Bertz CT molecular complexity index is 343. The number of hydrogen-bond donors (Lipinski definition) is 1. The van der Waals surface area contributed by atoms with Crippen molar-refractivity contribution in [2.24, 2.45) is 0 Å². The van der Waals surface area contributed by atoms with Crippen LogP contribution in [0, 0.1) is 0 Å². The fourth-order valence-electron chi connectivity index (χ4n) is 1.49. The van der Waals surface area contributed by atoms with Crippen molar-refractivity contribution in [2.45, 2.75) is 19.8 Å². The van der Waals surface area contributed by atoms with Crippen LogP contribution in [0.15, 0.2) is 12.3 Å². The Morgan fingerprint density at radius 2 is 2.40 bits per heavy atom. The molecule has 0 saturated heterocycles. The number of H-pyrrole nitrogens is 1. The van der Waals surface area contributed by atoms with Crippen LogP contribution in [0.4, 0.5) is 0 Å². The van der Waals surface area contributed by atoms with Crippen molar-refractivity contribution in [2.75, 3.05) is 0 Å². The van der Waals surface area contributed by atoms with E-state index in [-0.39, 0.29) is 0 Å². The van der Waals surface area contributed by atoms with Gasteiger partial charge in [-0.1, -0.05) is 6.08 Å². The number of aromatic amines is 1. The average Bonchev–Trinajstić information content (AvgIpc) is 2.36. The van der Waals surface area contributed by atoms with Crippen LogP contribution in [0.25, 0.3) is 11.6 Å². The zero-order chi connectivity index (χ0) is 6.97. The molecule has 10 heavy (non-hydrogen) atoms. The highest BCUT2D eigenvalue weighted by Crippen LogP contribution is 2.04. The lowest BCUT2D eigenvalue weighted by Gasteiger charge is -2.00. The molecule has 52 valence electrons. The first-order valence-electron chi connectivity index (χ1n) is 3.71. The molecule has 1 aromatic rings. The second-order valence-corrected chi connectivity index (χ2v) is 2.83. The van der Waals surface area contributed by atoms with Crippen LogP contribution in [0.1, 0.15) is 19.8 Å². The zero-order valence-corrected chi connectivity index (χ0v) is 6.15. The first-order chi connectivity index (χ1) is 4.88. The molecule has 0 aliphatic heterocycles. The highest BCUT2D eigenvalue weighted by Gasteiger charge is 1.98. The maximum atomic E-state index is 3.24. The van der Waals surface area contributed by atoms with Gasteiger partial charge in [0.2, 0.25) is 0 Å². The van der Waals surface area contributed by atoms with Crippen molar-refractivity contribution in [3.8, 4) is 0 Å². The predicted octanol–water partition coefficient (Wildman–Crippen LogP) is 0.760. The Hall–Kier alpha value is -0.980. The van der Waals surface area contributed by atoms with Gasteiger partial charge in [0.1, 0.15) is 0 Å². The molecule has 0 aromatic carbocycles. The SMILES string of the molecule is CC1=c2[nH]ccc2=CCC1. The molecule has 1 aliphatic rings. The number of hydrogen-bond acceptors (Lipinski definition) is 0. The first-order valence-corrected chi connectivity index (χ1v) is 3.71. The number of nitrogens with one attached hydrogen (secondary N) is 1. The summed E-state index contributed by atoms with van der Waals surface area (Å²) in [6, 6.07) is 2.14. The first kappa shape index (κ1) is 5.78. The quantitative estimate of drug-likeness (QED) is 0.538. The van der Waals surface area contributed by atoms with Gasteiger partial charge >= 0.3 is 0 Å². The molecular weight excluding hydrogens is 122 g/mol. The van der Waals surface area contributed by atoms with E-state index < -0.39 is 0 Å². The van der Waals surface area contributed by atoms with Crippen LogP contribution in [-0.2, 0) is 0 Å². The Kier molecular flexibility index (Phi) is 1.16. The second kappa shape index (κ2) is 2.01. The van der Waals surface area contributed by atoms with E-state index in [0.717, 1.165) is 0 Å². The molecular formula is C9H11N. The minimum Gasteiger partial charge on any atom is -0.361 e. The number of fused-ring (bicyclic) bond motifs is 1. The molecule has 1 N–H and O–H groups in total. The molecule has 0 unspecified atom stereocenters. The molecule has 0 saturated carbocycles. The van der Waals surface area contributed by atoms with Crippen molar-refractivity contribution in [1.29, 1.82) is 0 Å². The zero-order valence-electron chi connectivity index (χ0n) is 6.15. The molecule has 1 heteroatoms. The summed E-state index contributed by atoms with van der Waals surface area (Å²) in [5.41, 5.74) is 1.49. The lowest BCUT2D eigenvalue weighted by molar-refractivity contribution is 1.05. The third-order valence-corrected chi connectivity index (χ3v) is 2.09. The van der Waals surface area contributed by atoms with Gasteiger partial charge in [-0.3, -0.25) is 0 Å². The van der Waals surface area contributed by atoms with E-state index in [1.165, 1.54) is 29.0 Å². The van der Waals surface area contributed by atoms with Gasteiger partial charge in [0, 0.05) is 11.5 Å². The van der Waals surface area contributed by atoms with Crippen LogP contribution in [0.3, 0.4) is 0 Å². The summed E-state index contributed by atoms with van der Waals surface area (Å²) in [5.74, 6) is 0. The minimum absolute atomic E-state index is 1.21. The summed E-state index contributed by atoms with van der Waals surface area (Å²) < 4.78 is 0. The number of rotatable bonds is 0. The van der Waals surface area contributed by atoms with E-state index in [0.29, 0.717) is 0 Å². The summed E-state index contributed by atoms with van der Waals surface area (Å²) in [4.78, 5) is 3.24. The fourth-order valence-corrected chi connectivity index (χ4v) is 1.49. The average molecular weight is 133 g/mol. The molecule has 0 atom stereocenters. The molecule has 0 amide bonds. The Labute approximate surface area is 60.1 Å². The van der Waals surface area contributed by atoms with Crippen molar-refractivity contribution >= 4 is 11.6 Å². The van der Waals surface area contributed by atoms with Crippen LogP contribution in [0.2, 0.25) is 0 Å². The van der Waals surface area contributed by atoms with Crippen LogP contribution >= 0.6 is 0 Å². The van der Waals surface area contributed by atoms with Crippen LogP contribution in [-0.4, -0.2) is 4.98 Å². The molecule has 0 fully saturated rings. The number of aromatic nitrogens is 1. The summed E-state index contributed by atoms with van der Waals surface area (Å²) in [6.45, 7) is 2.20. The molecule has 0 spiro atoms. The van der Waals surface area contributed by atoms with E-state index in [9.17, 15) is 0 Å². The predicted molar refractivity (Wildman–Crippen MR) is 42.8 cm³/mol. The third-order valence-electron chi connectivity index (χ3n) is 2.09. The third kappa shape index (κ3) is 0.703. The van der Waals surface area contributed by atoms with Gasteiger partial charge in [-0.15, -0.1) is 0 Å². The highest BCUT2D eigenvalue weighted by molar-refractivity contribution is 5.46. The van der Waals surface area contributed by atoms with Gasteiger partial charge in [-0.25, -0.2) is 0 Å².